The molecule has 7 rings (SSSR count). The third-order valence-corrected chi connectivity index (χ3v) is 11.4. The molecule has 2 aliphatic heterocycles. The first kappa shape index (κ1) is 22.4. The lowest BCUT2D eigenvalue weighted by Crippen LogP contribution is -2.42. The largest absolute Gasteiger partial charge is 0.378 e. The van der Waals surface area contributed by atoms with Crippen LogP contribution in [0.25, 0.3) is 0 Å². The Kier molecular flexibility index (Phi) is 4.86. The van der Waals surface area contributed by atoms with Crippen molar-refractivity contribution in [2.75, 3.05) is 23.9 Å². The first-order valence-electron chi connectivity index (χ1n) is 12.4. The smallest absolute Gasteiger partial charge is 0.305 e. The zero-order valence-electron chi connectivity index (χ0n) is 20.3. The molecule has 8 heteroatoms. The Morgan fingerprint density at radius 3 is 2.25 bits per heavy atom. The number of benzene rings is 2. The van der Waals surface area contributed by atoms with Gasteiger partial charge in [-0.1, -0.05) is 41.2 Å². The third kappa shape index (κ3) is 3.00. The molecule has 1 aromatic heterocycles. The molecule has 6 nitrogen and oxygen atoms in total. The molecule has 3 fully saturated rings. The van der Waals surface area contributed by atoms with Gasteiger partial charge < -0.3 is 9.88 Å². The number of hydrogen-bond acceptors (Lipinski definition) is 6. The average molecular weight is 518 g/mol. The fourth-order valence-electron chi connectivity index (χ4n) is 7.32. The van der Waals surface area contributed by atoms with Crippen LogP contribution in [0.1, 0.15) is 28.3 Å². The molecule has 2 aromatic carbocycles. The second kappa shape index (κ2) is 7.83. The zero-order valence-corrected chi connectivity index (χ0v) is 21.9. The van der Waals surface area contributed by atoms with E-state index in [0.29, 0.717) is 5.69 Å². The lowest BCUT2D eigenvalue weighted by atomic mass is 9.68. The van der Waals surface area contributed by atoms with Crippen LogP contribution in [0.2, 0.25) is 0 Å². The summed E-state index contributed by atoms with van der Waals surface area (Å²) < 4.78 is 0. The zero-order chi connectivity index (χ0) is 24.9. The summed E-state index contributed by atoms with van der Waals surface area (Å²) in [6.45, 7) is 2.00. The summed E-state index contributed by atoms with van der Waals surface area (Å²) in [4.78, 5) is 47.6. The summed E-state index contributed by atoms with van der Waals surface area (Å²) in [6.07, 6.45) is 0.905. The third-order valence-electron chi connectivity index (χ3n) is 8.78. The number of aromatic nitrogens is 1. The Labute approximate surface area is 217 Å². The molecule has 0 unspecified atom stereocenters. The van der Waals surface area contributed by atoms with E-state index in [4.69, 9.17) is 0 Å². The van der Waals surface area contributed by atoms with Gasteiger partial charge in [0.15, 0.2) is 0 Å². The van der Waals surface area contributed by atoms with Gasteiger partial charge in [-0.3, -0.25) is 19.3 Å². The van der Waals surface area contributed by atoms with Crippen molar-refractivity contribution in [1.29, 1.82) is 0 Å². The van der Waals surface area contributed by atoms with Gasteiger partial charge in [0, 0.05) is 35.8 Å². The molecule has 4 aliphatic rings. The van der Waals surface area contributed by atoms with E-state index in [1.807, 2.05) is 45.3 Å². The van der Waals surface area contributed by atoms with Crippen LogP contribution in [-0.4, -0.2) is 36.1 Å². The van der Waals surface area contributed by atoms with Gasteiger partial charge in [-0.2, -0.15) is 0 Å². The number of fused-ring (bicyclic) bond motifs is 9. The van der Waals surface area contributed by atoms with Gasteiger partial charge >= 0.3 is 4.87 Å². The minimum Gasteiger partial charge on any atom is -0.378 e. The van der Waals surface area contributed by atoms with Gasteiger partial charge in [-0.05, 0) is 60.9 Å². The predicted molar refractivity (Wildman–Crippen MR) is 143 cm³/mol. The van der Waals surface area contributed by atoms with Gasteiger partial charge in [0.25, 0.3) is 0 Å². The van der Waals surface area contributed by atoms with Crippen LogP contribution in [0.4, 0.5) is 11.4 Å². The number of aryl methyl sites for hydroxylation is 1. The molecule has 184 valence electrons. The number of imide groups is 1. The maximum absolute atomic E-state index is 13.8. The number of amides is 2. The Hall–Kier alpha value is -2.84. The number of hydrogen-bond donors (Lipinski definition) is 1. The minimum absolute atomic E-state index is 0.0346. The summed E-state index contributed by atoms with van der Waals surface area (Å²) in [5.41, 5.74) is 4.09. The Balaban J connectivity index is 1.31. The fourth-order valence-corrected chi connectivity index (χ4v) is 10.2. The van der Waals surface area contributed by atoms with Crippen LogP contribution in [0.5, 0.6) is 0 Å². The van der Waals surface area contributed by atoms with Crippen molar-refractivity contribution in [3.63, 3.8) is 0 Å². The molecule has 2 amide bonds. The summed E-state index contributed by atoms with van der Waals surface area (Å²) in [7, 11) is 4.05. The number of thioether (sulfide) groups is 1. The van der Waals surface area contributed by atoms with E-state index < -0.39 is 0 Å². The number of nitrogens with zero attached hydrogens (tertiary/aromatic N) is 2. The maximum Gasteiger partial charge on any atom is 0.305 e. The van der Waals surface area contributed by atoms with Gasteiger partial charge in [0.2, 0.25) is 11.8 Å². The van der Waals surface area contributed by atoms with Gasteiger partial charge in [-0.15, -0.1) is 11.8 Å². The van der Waals surface area contributed by atoms with E-state index in [1.165, 1.54) is 21.8 Å². The fraction of sp³-hybridized carbons (Fsp3) is 0.393. The quantitative estimate of drug-likeness (QED) is 0.519. The molecule has 2 bridgehead atoms. The van der Waals surface area contributed by atoms with Gasteiger partial charge in [0.05, 0.1) is 22.5 Å². The Morgan fingerprint density at radius 2 is 1.58 bits per heavy atom. The molecule has 0 spiro atoms. The number of thiazole rings is 1. The van der Waals surface area contributed by atoms with Crippen LogP contribution in [0.15, 0.2) is 58.4 Å². The molecule has 3 heterocycles. The van der Waals surface area contributed by atoms with Crippen molar-refractivity contribution >= 4 is 46.3 Å². The number of aromatic amines is 1. The molecule has 36 heavy (non-hydrogen) atoms. The number of carbonyl (C=O) groups excluding carboxylic acids is 2. The molecule has 0 radical (unpaired) electrons. The van der Waals surface area contributed by atoms with Gasteiger partial charge in [-0.25, -0.2) is 0 Å². The van der Waals surface area contributed by atoms with E-state index in [2.05, 4.69) is 34.1 Å². The van der Waals surface area contributed by atoms with E-state index in [0.717, 1.165) is 27.6 Å². The first-order valence-corrected chi connectivity index (χ1v) is 14.1. The highest BCUT2D eigenvalue weighted by molar-refractivity contribution is 8.00. The van der Waals surface area contributed by atoms with Crippen LogP contribution < -0.4 is 14.7 Å². The predicted octanol–water partition coefficient (Wildman–Crippen LogP) is 4.49. The van der Waals surface area contributed by atoms with E-state index in [1.54, 1.807) is 11.8 Å². The number of carbonyl (C=O) groups is 2. The lowest BCUT2D eigenvalue weighted by Gasteiger charge is -2.43. The Bertz CT molecular complexity index is 1440. The Morgan fingerprint density at radius 1 is 0.917 bits per heavy atom. The van der Waals surface area contributed by atoms with Crippen molar-refractivity contribution in [2.45, 2.75) is 29.5 Å². The van der Waals surface area contributed by atoms with Crippen molar-refractivity contribution in [1.82, 2.24) is 4.98 Å². The molecule has 1 N–H and O–H groups in total. The second-order valence-corrected chi connectivity index (χ2v) is 13.0. The molecule has 7 atom stereocenters. The summed E-state index contributed by atoms with van der Waals surface area (Å²) in [5.74, 6) is -0.0711. The number of nitrogens with one attached hydrogen (secondary N) is 1. The van der Waals surface area contributed by atoms with E-state index >= 15 is 0 Å². The second-order valence-electron chi connectivity index (χ2n) is 10.8. The van der Waals surface area contributed by atoms with Crippen LogP contribution in [-0.2, 0) is 9.59 Å². The molecule has 2 aliphatic carbocycles. The summed E-state index contributed by atoms with van der Waals surface area (Å²) in [5, 5.41) is 1.16. The standard InChI is InChI=1S/C28H27N3O3S2/c1-13-4-8-16(9-5-13)31-26(32)21-17-12-18(22(21)27(31)33)23-20(17)19(24-25(35-23)29-28(34)36-24)14-6-10-15(11-7-14)30(2)3/h4-11,17-23H,12H2,1-3H3,(H,29,34)/t17-,18-,19-,20+,21-,22-,23+/m1/s1. The summed E-state index contributed by atoms with van der Waals surface area (Å²) >= 11 is 3.03. The van der Waals surface area contributed by atoms with Crippen LogP contribution in [0, 0.1) is 36.5 Å². The maximum atomic E-state index is 13.8. The number of H-pyrrole nitrogens is 1. The molecule has 2 saturated carbocycles. The topological polar surface area (TPSA) is 73.5 Å². The van der Waals surface area contributed by atoms with Crippen molar-refractivity contribution in [2.24, 2.45) is 29.6 Å². The van der Waals surface area contributed by atoms with E-state index in [9.17, 15) is 14.4 Å². The van der Waals surface area contributed by atoms with Gasteiger partial charge in [0.1, 0.15) is 0 Å². The van der Waals surface area contributed by atoms with Crippen LogP contribution >= 0.6 is 23.1 Å². The highest BCUT2D eigenvalue weighted by Crippen LogP contribution is 2.68. The molecule has 3 aromatic rings. The van der Waals surface area contributed by atoms with Crippen molar-refractivity contribution < 1.29 is 9.59 Å². The molecule has 1 saturated heterocycles. The van der Waals surface area contributed by atoms with Crippen LogP contribution in [0.3, 0.4) is 0 Å². The lowest BCUT2D eigenvalue weighted by molar-refractivity contribution is -0.123. The highest BCUT2D eigenvalue weighted by atomic mass is 32.2. The monoisotopic (exact) mass is 517 g/mol. The van der Waals surface area contributed by atoms with Crippen molar-refractivity contribution in [3.8, 4) is 0 Å². The van der Waals surface area contributed by atoms with Crippen molar-refractivity contribution in [3.05, 3.63) is 74.2 Å². The molecular formula is C28H27N3O3S2. The summed E-state index contributed by atoms with van der Waals surface area (Å²) in [6, 6.07) is 16.3. The minimum atomic E-state index is -0.272. The molecular weight excluding hydrogens is 490 g/mol. The normalized spacial score (nSPS) is 32.0. The highest BCUT2D eigenvalue weighted by Gasteiger charge is 2.69. The number of rotatable bonds is 3. The SMILES string of the molecule is Cc1ccc(N2C(=O)[C@@H]3[C@H]4C[C@@H]([C@H]3C2=O)[C@H]2[C@@H](c3ccc(N(C)C)cc3)c3sc(=O)[nH]c3S[C@@H]42)cc1. The average Bonchev–Trinajstić information content (AvgIpc) is 3.59. The number of anilines is 2. The van der Waals surface area contributed by atoms with E-state index in [-0.39, 0.29) is 57.4 Å². The first-order chi connectivity index (χ1) is 17.3.